The van der Waals surface area contributed by atoms with Crippen LogP contribution in [0, 0.1) is 13.8 Å². The normalized spacial score (nSPS) is 26.7. The summed E-state index contributed by atoms with van der Waals surface area (Å²) in [5.41, 5.74) is 1.82. The van der Waals surface area contributed by atoms with Crippen molar-refractivity contribution in [1.29, 1.82) is 0 Å². The molecule has 0 aliphatic carbocycles. The predicted octanol–water partition coefficient (Wildman–Crippen LogP) is -0.180. The van der Waals surface area contributed by atoms with E-state index in [9.17, 15) is 9.90 Å². The molecule has 122 valence electrons. The van der Waals surface area contributed by atoms with Crippen LogP contribution >= 0.6 is 0 Å². The lowest BCUT2D eigenvalue weighted by Gasteiger charge is -2.26. The van der Waals surface area contributed by atoms with Crippen molar-refractivity contribution in [3.8, 4) is 0 Å². The van der Waals surface area contributed by atoms with Gasteiger partial charge < -0.3 is 19.6 Å². The molecule has 1 aromatic rings. The minimum absolute atomic E-state index is 0.133. The van der Waals surface area contributed by atoms with Crippen molar-refractivity contribution in [2.45, 2.75) is 51.4 Å². The van der Waals surface area contributed by atoms with Crippen LogP contribution in [0.15, 0.2) is 4.52 Å². The lowest BCUT2D eigenvalue weighted by atomic mass is 10.1. The number of hydrogen-bond acceptors (Lipinski definition) is 6. The Bertz CT molecular complexity index is 539. The highest BCUT2D eigenvalue weighted by Crippen LogP contribution is 2.34. The lowest BCUT2D eigenvalue weighted by Crippen LogP contribution is -2.40. The number of carbonyl (C=O) groups is 1. The zero-order chi connectivity index (χ0) is 15.9. The van der Waals surface area contributed by atoms with Gasteiger partial charge in [-0.05, 0) is 20.3 Å². The molecule has 2 aliphatic rings. The van der Waals surface area contributed by atoms with Crippen LogP contribution < -0.4 is 0 Å². The van der Waals surface area contributed by atoms with Gasteiger partial charge in [-0.25, -0.2) is 0 Å². The van der Waals surface area contributed by atoms with Gasteiger partial charge in [0.15, 0.2) is 0 Å². The van der Waals surface area contributed by atoms with Crippen molar-refractivity contribution < 1.29 is 19.5 Å². The molecule has 2 aliphatic heterocycles. The first kappa shape index (κ1) is 15.5. The molecule has 0 spiro atoms. The number of aryl methyl sites for hydroxylation is 2. The van der Waals surface area contributed by atoms with Crippen LogP contribution in [0.4, 0.5) is 0 Å². The Kier molecular flexibility index (Phi) is 4.20. The second-order valence-electron chi connectivity index (χ2n) is 6.28. The number of amides is 1. The van der Waals surface area contributed by atoms with Crippen LogP contribution in [0.25, 0.3) is 0 Å². The van der Waals surface area contributed by atoms with Gasteiger partial charge in [0.05, 0.1) is 24.9 Å². The number of hydrogen-bond donors (Lipinski definition) is 2. The lowest BCUT2D eigenvalue weighted by molar-refractivity contribution is -0.129. The maximum absolute atomic E-state index is 12.4. The highest BCUT2D eigenvalue weighted by molar-refractivity contribution is 5.80. The molecule has 3 rings (SSSR count). The Labute approximate surface area is 129 Å². The van der Waals surface area contributed by atoms with Gasteiger partial charge in [0.25, 0.3) is 0 Å². The number of aliphatic hydroxyl groups is 2. The first-order chi connectivity index (χ1) is 10.5. The topological polar surface area (TPSA) is 90.0 Å². The van der Waals surface area contributed by atoms with Gasteiger partial charge in [-0.1, -0.05) is 5.16 Å². The summed E-state index contributed by atoms with van der Waals surface area (Å²) in [6.07, 6.45) is 0.634. The number of nitrogens with zero attached hydrogens (tertiary/aromatic N) is 3. The van der Waals surface area contributed by atoms with Gasteiger partial charge in [0.2, 0.25) is 5.91 Å². The van der Waals surface area contributed by atoms with Gasteiger partial charge in [-0.15, -0.1) is 0 Å². The molecule has 0 radical (unpaired) electrons. The SMILES string of the molecule is Cc1noc(C)c1CN1C(=O)C[C@H]2[C@@H]1CCN2CC(O)CO. The average molecular weight is 309 g/mol. The number of aliphatic hydroxyl groups excluding tert-OH is 2. The van der Waals surface area contributed by atoms with E-state index in [1.807, 2.05) is 18.7 Å². The highest BCUT2D eigenvalue weighted by Gasteiger charge is 2.47. The van der Waals surface area contributed by atoms with E-state index in [4.69, 9.17) is 9.63 Å². The third-order valence-electron chi connectivity index (χ3n) is 4.90. The molecule has 0 bridgehead atoms. The quantitative estimate of drug-likeness (QED) is 0.784. The summed E-state index contributed by atoms with van der Waals surface area (Å²) < 4.78 is 5.18. The summed E-state index contributed by atoms with van der Waals surface area (Å²) in [4.78, 5) is 16.4. The van der Waals surface area contributed by atoms with Crippen molar-refractivity contribution in [2.24, 2.45) is 0 Å². The maximum atomic E-state index is 12.4. The van der Waals surface area contributed by atoms with Crippen molar-refractivity contribution in [3.05, 3.63) is 17.0 Å². The Morgan fingerprint density at radius 1 is 1.41 bits per heavy atom. The molecule has 1 amide bonds. The first-order valence-corrected chi connectivity index (χ1v) is 7.75. The standard InChI is InChI=1S/C15H23N3O4/c1-9-12(10(2)22-16-9)7-18-13-3-4-17(6-11(20)8-19)14(13)5-15(18)21/h11,13-14,19-20H,3-8H2,1-2H3/t11?,13-,14-/m0/s1. The molecule has 1 aromatic heterocycles. The van der Waals surface area contributed by atoms with Gasteiger partial charge in [-0.3, -0.25) is 9.69 Å². The molecule has 2 fully saturated rings. The Morgan fingerprint density at radius 2 is 2.18 bits per heavy atom. The highest BCUT2D eigenvalue weighted by atomic mass is 16.5. The third kappa shape index (κ3) is 2.64. The van der Waals surface area contributed by atoms with Crippen molar-refractivity contribution in [3.63, 3.8) is 0 Å². The molecular weight excluding hydrogens is 286 g/mol. The Balaban J connectivity index is 1.72. The number of carbonyl (C=O) groups excluding carboxylic acids is 1. The summed E-state index contributed by atoms with van der Waals surface area (Å²) in [5.74, 6) is 0.900. The van der Waals surface area contributed by atoms with Gasteiger partial charge >= 0.3 is 0 Å². The number of β-amino-alcohol motifs (C(OH)–C–C–N with tert-alkyl or cyclic N) is 1. The fourth-order valence-corrected chi connectivity index (χ4v) is 3.67. The molecule has 0 saturated carbocycles. The molecular formula is C15H23N3O4. The molecule has 7 nitrogen and oxygen atoms in total. The van der Waals surface area contributed by atoms with Crippen LogP contribution in [0.1, 0.15) is 29.9 Å². The molecule has 7 heteroatoms. The monoisotopic (exact) mass is 309 g/mol. The van der Waals surface area contributed by atoms with Crippen molar-refractivity contribution in [1.82, 2.24) is 15.0 Å². The molecule has 0 aromatic carbocycles. The number of aromatic nitrogens is 1. The zero-order valence-corrected chi connectivity index (χ0v) is 13.0. The molecule has 2 saturated heterocycles. The number of rotatable bonds is 5. The van der Waals surface area contributed by atoms with Crippen LogP contribution in [-0.4, -0.2) is 69.0 Å². The molecule has 2 N–H and O–H groups in total. The van der Waals surface area contributed by atoms with Crippen LogP contribution in [0.5, 0.6) is 0 Å². The van der Waals surface area contributed by atoms with E-state index in [0.29, 0.717) is 19.5 Å². The summed E-state index contributed by atoms with van der Waals surface area (Å²) in [5, 5.41) is 22.6. The second-order valence-corrected chi connectivity index (χ2v) is 6.28. The second kappa shape index (κ2) is 5.98. The maximum Gasteiger partial charge on any atom is 0.224 e. The molecule has 3 heterocycles. The Hall–Kier alpha value is -1.44. The zero-order valence-electron chi connectivity index (χ0n) is 13.0. The van der Waals surface area contributed by atoms with E-state index in [2.05, 4.69) is 10.1 Å². The third-order valence-corrected chi connectivity index (χ3v) is 4.90. The van der Waals surface area contributed by atoms with Crippen LogP contribution in [0.3, 0.4) is 0 Å². The summed E-state index contributed by atoms with van der Waals surface area (Å²) >= 11 is 0. The van der Waals surface area contributed by atoms with E-state index in [-0.39, 0.29) is 24.6 Å². The largest absolute Gasteiger partial charge is 0.394 e. The number of likely N-dealkylation sites (tertiary alicyclic amines) is 2. The fourth-order valence-electron chi connectivity index (χ4n) is 3.67. The predicted molar refractivity (Wildman–Crippen MR) is 78.0 cm³/mol. The summed E-state index contributed by atoms with van der Waals surface area (Å²) in [6.45, 7) is 5.32. The molecule has 3 atom stereocenters. The van der Waals surface area contributed by atoms with Gasteiger partial charge in [0.1, 0.15) is 5.76 Å². The fraction of sp³-hybridized carbons (Fsp3) is 0.733. The first-order valence-electron chi connectivity index (χ1n) is 7.75. The molecule has 1 unspecified atom stereocenters. The van der Waals surface area contributed by atoms with E-state index in [1.165, 1.54) is 0 Å². The summed E-state index contributed by atoms with van der Waals surface area (Å²) in [6, 6.07) is 0.307. The smallest absolute Gasteiger partial charge is 0.224 e. The number of fused-ring (bicyclic) bond motifs is 1. The average Bonchev–Trinajstić information content (AvgIpc) is 3.11. The van der Waals surface area contributed by atoms with E-state index in [1.54, 1.807) is 0 Å². The van der Waals surface area contributed by atoms with E-state index >= 15 is 0 Å². The van der Waals surface area contributed by atoms with Crippen molar-refractivity contribution >= 4 is 5.91 Å². The minimum atomic E-state index is -0.745. The summed E-state index contributed by atoms with van der Waals surface area (Å²) in [7, 11) is 0. The minimum Gasteiger partial charge on any atom is -0.394 e. The van der Waals surface area contributed by atoms with E-state index in [0.717, 1.165) is 30.0 Å². The van der Waals surface area contributed by atoms with Gasteiger partial charge in [-0.2, -0.15) is 0 Å². The van der Waals surface area contributed by atoms with Crippen LogP contribution in [-0.2, 0) is 11.3 Å². The van der Waals surface area contributed by atoms with Crippen molar-refractivity contribution in [2.75, 3.05) is 19.7 Å². The Morgan fingerprint density at radius 3 is 2.82 bits per heavy atom. The van der Waals surface area contributed by atoms with E-state index < -0.39 is 6.10 Å². The van der Waals surface area contributed by atoms with Gasteiger partial charge in [0, 0.05) is 37.2 Å². The molecule has 22 heavy (non-hydrogen) atoms. The van der Waals surface area contributed by atoms with Crippen LogP contribution in [0.2, 0.25) is 0 Å².